The molecular weight excluding hydrogens is 682 g/mol. The molecule has 9 atom stereocenters. The molecule has 0 radical (unpaired) electrons. The molecule has 25 heteroatoms. The number of phosphoric acid groups is 2. The van der Waals surface area contributed by atoms with Gasteiger partial charge in [-0.1, -0.05) is 0 Å². The van der Waals surface area contributed by atoms with Crippen LogP contribution >= 0.6 is 15.6 Å². The molecule has 0 bridgehead atoms. The van der Waals surface area contributed by atoms with Crippen LogP contribution in [0, 0.1) is 0 Å². The number of hydrogen-bond donors (Lipinski definition) is 5. The third-order valence-corrected chi connectivity index (χ3v) is 8.30. The molecule has 2 aliphatic rings. The van der Waals surface area contributed by atoms with Crippen LogP contribution in [0.1, 0.15) is 33.2 Å². The number of aromatic nitrogens is 5. The fraction of sp³-hybridized carbons (Fsp3) is 0.455. The van der Waals surface area contributed by atoms with Gasteiger partial charge in [0, 0.05) is 0 Å². The van der Waals surface area contributed by atoms with Gasteiger partial charge in [-0.05, 0) is 6.07 Å². The van der Waals surface area contributed by atoms with Crippen molar-refractivity contribution in [2.45, 2.75) is 49.1 Å². The lowest BCUT2D eigenvalue weighted by molar-refractivity contribution is -0.766. The van der Waals surface area contributed by atoms with Crippen molar-refractivity contribution in [2.24, 2.45) is 0 Å². The van der Waals surface area contributed by atoms with Crippen LogP contribution in [-0.2, 0) is 32.2 Å². The molecule has 256 valence electrons. The van der Waals surface area contributed by atoms with E-state index in [0.29, 0.717) is 10.6 Å². The van der Waals surface area contributed by atoms with E-state index < -0.39 is 101 Å². The minimum atomic E-state index is -5.60. The van der Waals surface area contributed by atoms with Crippen molar-refractivity contribution in [1.29, 1.82) is 0 Å². The van der Waals surface area contributed by atoms with Crippen molar-refractivity contribution in [1.82, 2.24) is 19.5 Å². The number of fused-ring (bicyclic) bond motifs is 1. The summed E-state index contributed by atoms with van der Waals surface area (Å²) in [4.78, 5) is 70.2. The van der Waals surface area contributed by atoms with Gasteiger partial charge in [-0.25, -0.2) is 19.7 Å². The molecule has 0 aromatic carbocycles. The number of carboxylic acid groups (broad SMARTS) is 1. The van der Waals surface area contributed by atoms with E-state index in [0.717, 1.165) is 18.7 Å². The minimum absolute atomic E-state index is 0.0171. The number of aliphatic hydroxyl groups excluding tert-OH is 4. The molecule has 2 saturated heterocycles. The summed E-state index contributed by atoms with van der Waals surface area (Å²) in [6.07, 6.45) is -9.46. The normalized spacial score (nSPS) is 29.2. The van der Waals surface area contributed by atoms with Gasteiger partial charge >= 0.3 is 13.8 Å². The quantitative estimate of drug-likeness (QED) is 0.0914. The van der Waals surface area contributed by atoms with E-state index in [1.807, 2.05) is 0 Å². The summed E-state index contributed by atoms with van der Waals surface area (Å²) >= 11 is 0. The van der Waals surface area contributed by atoms with Crippen LogP contribution < -0.4 is 30.1 Å². The summed E-state index contributed by atoms with van der Waals surface area (Å²) in [7, 11) is -11.1. The standard InChI is InChI=1S/C22H26N6O17P2/c23-17-12-18(25-6-24-17)28(7-26-12)20-16(32)14(30)11(44-20)5-42-47(39,40)45-22(35)9-1-8(21(33)34)2-27(3-9)19-15(31)13(29)10(43-19)4-41-46(36,37)38/h1-3,6-7,10-11,13-16,19-20,29-32H,4-5H2,(H5-,23,24,25,33,34,36,37,38,39,40)/p-3/t10-,11-,13-,14-,15-,16-,19-,20-/m1/s1. The second-order valence-electron chi connectivity index (χ2n) is 10.1. The van der Waals surface area contributed by atoms with Crippen molar-refractivity contribution in [3.63, 3.8) is 0 Å². The highest BCUT2D eigenvalue weighted by molar-refractivity contribution is 7.46. The Bertz CT molecular complexity index is 1770. The second-order valence-corrected chi connectivity index (χ2v) is 12.6. The number of aromatic carboxylic acids is 1. The van der Waals surface area contributed by atoms with Crippen molar-refractivity contribution >= 4 is 44.6 Å². The monoisotopic (exact) mass is 705 g/mol. The Kier molecular flexibility index (Phi) is 9.74. The van der Waals surface area contributed by atoms with Gasteiger partial charge in [-0.15, -0.1) is 0 Å². The number of rotatable bonds is 11. The first-order chi connectivity index (χ1) is 22.0. The molecule has 23 nitrogen and oxygen atoms in total. The van der Waals surface area contributed by atoms with Crippen LogP contribution in [0.3, 0.4) is 0 Å². The molecule has 47 heavy (non-hydrogen) atoms. The van der Waals surface area contributed by atoms with E-state index in [1.54, 1.807) is 0 Å². The zero-order valence-electron chi connectivity index (χ0n) is 23.2. The topological polar surface area (TPSA) is 361 Å². The molecular formula is C22H23N6O17P2-3. The number of nitrogen functional groups attached to an aromatic ring is 1. The first kappa shape index (κ1) is 34.8. The van der Waals surface area contributed by atoms with Crippen LogP contribution in [0.2, 0.25) is 0 Å². The second kappa shape index (κ2) is 13.2. The highest BCUT2D eigenvalue weighted by atomic mass is 31.2. The maximum Gasteiger partial charge on any atom is 0.350 e. The van der Waals surface area contributed by atoms with Gasteiger partial charge in [0.1, 0.15) is 47.9 Å². The maximum atomic E-state index is 12.8. The fourth-order valence-electron chi connectivity index (χ4n) is 4.75. The number of nitrogens with two attached hydrogens (primary N) is 1. The van der Waals surface area contributed by atoms with Gasteiger partial charge in [0.2, 0.25) is 0 Å². The van der Waals surface area contributed by atoms with Crippen LogP contribution in [0.15, 0.2) is 31.1 Å². The molecule has 0 amide bonds. The molecule has 2 aliphatic heterocycles. The molecule has 2 fully saturated rings. The van der Waals surface area contributed by atoms with E-state index in [9.17, 15) is 58.9 Å². The average molecular weight is 705 g/mol. The van der Waals surface area contributed by atoms with Gasteiger partial charge in [0.05, 0.1) is 38.9 Å². The SMILES string of the molecule is Nc1ncnc2c1ncn2[C@@H]1O[C@H](COP(=O)([O-])OC(=O)c2cc(C(=O)[O-])c[n+]([C@@H]3O[C@H](COP(=O)([O-])[O-])[C@@H](O)[C@H]3O)c2)[C@@H](O)[C@H]1O. The van der Waals surface area contributed by atoms with E-state index in [-0.39, 0.29) is 17.0 Å². The van der Waals surface area contributed by atoms with Crippen LogP contribution in [0.5, 0.6) is 0 Å². The molecule has 1 unspecified atom stereocenters. The van der Waals surface area contributed by atoms with Gasteiger partial charge in [-0.3, -0.25) is 9.13 Å². The molecule has 3 aromatic rings. The smallest absolute Gasteiger partial charge is 0.350 e. The third-order valence-electron chi connectivity index (χ3n) is 6.98. The summed E-state index contributed by atoms with van der Waals surface area (Å²) in [5.74, 6) is -3.58. The Morgan fingerprint density at radius 2 is 1.57 bits per heavy atom. The number of carbonyl (C=O) groups is 2. The molecule has 0 spiro atoms. The lowest BCUT2D eigenvalue weighted by Crippen LogP contribution is -2.47. The Labute approximate surface area is 261 Å². The van der Waals surface area contributed by atoms with E-state index in [1.165, 1.54) is 10.9 Å². The van der Waals surface area contributed by atoms with Crippen LogP contribution in [0.25, 0.3) is 11.2 Å². The number of imidazole rings is 1. The predicted octanol–water partition coefficient (Wildman–Crippen LogP) is -6.51. The lowest BCUT2D eigenvalue weighted by Gasteiger charge is -2.30. The van der Waals surface area contributed by atoms with Gasteiger partial charge < -0.3 is 78.4 Å². The predicted molar refractivity (Wildman–Crippen MR) is 135 cm³/mol. The zero-order chi connectivity index (χ0) is 34.4. The van der Waals surface area contributed by atoms with Crippen LogP contribution in [-0.4, -0.2) is 102 Å². The highest BCUT2D eigenvalue weighted by Crippen LogP contribution is 2.41. The van der Waals surface area contributed by atoms with Crippen LogP contribution in [0.4, 0.5) is 5.82 Å². The number of pyridine rings is 1. The Morgan fingerprint density at radius 3 is 2.26 bits per heavy atom. The van der Waals surface area contributed by atoms with Crippen molar-refractivity contribution < 1.29 is 86.5 Å². The maximum absolute atomic E-state index is 12.8. The Hall–Kier alpha value is -3.54. The van der Waals surface area contributed by atoms with Gasteiger partial charge in [-0.2, -0.15) is 4.57 Å². The van der Waals surface area contributed by atoms with E-state index in [4.69, 9.17) is 15.2 Å². The Morgan fingerprint density at radius 1 is 0.936 bits per heavy atom. The zero-order valence-corrected chi connectivity index (χ0v) is 25.0. The van der Waals surface area contributed by atoms with Gasteiger partial charge in [0.15, 0.2) is 36.2 Å². The van der Waals surface area contributed by atoms with Crippen molar-refractivity contribution in [3.05, 3.63) is 42.2 Å². The van der Waals surface area contributed by atoms with E-state index >= 15 is 0 Å². The molecule has 0 saturated carbocycles. The van der Waals surface area contributed by atoms with Crippen molar-refractivity contribution in [3.8, 4) is 0 Å². The third kappa shape index (κ3) is 7.47. The number of hydrogen-bond acceptors (Lipinski definition) is 21. The fourth-order valence-corrected chi connectivity index (χ4v) is 5.77. The summed E-state index contributed by atoms with van der Waals surface area (Å²) in [6.45, 7) is -2.00. The number of ether oxygens (including phenoxy) is 2. The molecule has 6 N–H and O–H groups in total. The number of carbonyl (C=O) groups excluding carboxylic acids is 2. The molecule has 0 aliphatic carbocycles. The summed E-state index contributed by atoms with van der Waals surface area (Å²) < 4.78 is 49.2. The van der Waals surface area contributed by atoms with E-state index in [2.05, 4.69) is 28.5 Å². The molecule has 5 rings (SSSR count). The Balaban J connectivity index is 1.27. The molecule has 5 heterocycles. The number of aliphatic hydroxyl groups is 4. The summed E-state index contributed by atoms with van der Waals surface area (Å²) in [5, 5.41) is 53.1. The van der Waals surface area contributed by atoms with Gasteiger partial charge in [0.25, 0.3) is 6.23 Å². The van der Waals surface area contributed by atoms with Crippen molar-refractivity contribution in [2.75, 3.05) is 18.9 Å². The average Bonchev–Trinajstić information content (AvgIpc) is 3.64. The number of phosphoric ester groups is 2. The largest absolute Gasteiger partial charge is 0.790 e. The number of nitrogens with zero attached hydrogens (tertiary/aromatic N) is 5. The summed E-state index contributed by atoms with van der Waals surface area (Å²) in [5.41, 5.74) is 4.48. The number of carboxylic acids is 1. The number of anilines is 1. The molecule has 3 aromatic heterocycles. The highest BCUT2D eigenvalue weighted by Gasteiger charge is 2.49. The minimum Gasteiger partial charge on any atom is -0.790 e. The lowest BCUT2D eigenvalue weighted by atomic mass is 10.1. The first-order valence-electron chi connectivity index (χ1n) is 13.0. The summed E-state index contributed by atoms with van der Waals surface area (Å²) in [6, 6.07) is 0.633. The first-order valence-corrected chi connectivity index (χ1v) is 16.0.